The molecule has 0 radical (unpaired) electrons. The van der Waals surface area contributed by atoms with E-state index in [0.29, 0.717) is 0 Å². The Morgan fingerprint density at radius 3 is 2.43 bits per heavy atom. The van der Waals surface area contributed by atoms with E-state index in [1.165, 1.54) is 32.4 Å². The van der Waals surface area contributed by atoms with E-state index in [-0.39, 0.29) is 46.5 Å². The van der Waals surface area contributed by atoms with Crippen LogP contribution in [0, 0.1) is 0 Å². The van der Waals surface area contributed by atoms with Gasteiger partial charge in [0.15, 0.2) is 17.3 Å². The summed E-state index contributed by atoms with van der Waals surface area (Å²) in [6.45, 7) is 0. The molecule has 0 saturated heterocycles. The number of hydrogen-bond donors (Lipinski definition) is 2. The fourth-order valence-electron chi connectivity index (χ4n) is 2.66. The monoisotopic (exact) mass is 316 g/mol. The highest BCUT2D eigenvalue weighted by atomic mass is 16.5. The van der Waals surface area contributed by atoms with Crippen LogP contribution in [0.25, 0.3) is 0 Å². The van der Waals surface area contributed by atoms with Crippen LogP contribution in [-0.2, 0) is 0 Å². The minimum Gasteiger partial charge on any atom is -0.508 e. The second kappa shape index (κ2) is 5.72. The van der Waals surface area contributed by atoms with E-state index >= 15 is 0 Å². The molecule has 120 valence electrons. The van der Waals surface area contributed by atoms with Crippen molar-refractivity contribution in [1.82, 2.24) is 0 Å². The van der Waals surface area contributed by atoms with Gasteiger partial charge < -0.3 is 24.4 Å². The Kier molecular flexibility index (Phi) is 3.73. The van der Waals surface area contributed by atoms with Gasteiger partial charge in [0.05, 0.1) is 20.6 Å². The molecule has 0 bridgehead atoms. The minimum absolute atomic E-state index is 0.0841. The Morgan fingerprint density at radius 1 is 1.13 bits per heavy atom. The van der Waals surface area contributed by atoms with E-state index in [2.05, 4.69) is 0 Å². The van der Waals surface area contributed by atoms with E-state index < -0.39 is 6.10 Å². The number of benzene rings is 2. The second-order valence-electron chi connectivity index (χ2n) is 5.16. The molecule has 2 aromatic rings. The molecule has 6 heteroatoms. The van der Waals surface area contributed by atoms with Crippen molar-refractivity contribution >= 4 is 5.78 Å². The number of carbonyl (C=O) groups excluding carboxylic acids is 1. The van der Waals surface area contributed by atoms with E-state index in [9.17, 15) is 15.0 Å². The molecule has 3 rings (SSSR count). The number of fused-ring (bicyclic) bond motifs is 1. The molecule has 0 amide bonds. The van der Waals surface area contributed by atoms with Crippen molar-refractivity contribution in [3.63, 3.8) is 0 Å². The molecule has 1 heterocycles. The number of ketones is 1. The highest BCUT2D eigenvalue weighted by Gasteiger charge is 2.34. The SMILES string of the molecule is COc1cc(O)c2c(c1OC)OC(c1ccc(O)cc1)CC2=O. The van der Waals surface area contributed by atoms with Gasteiger partial charge in [-0.2, -0.15) is 0 Å². The van der Waals surface area contributed by atoms with Crippen LogP contribution in [0.2, 0.25) is 0 Å². The first kappa shape index (κ1) is 15.0. The van der Waals surface area contributed by atoms with Crippen LogP contribution in [0.3, 0.4) is 0 Å². The van der Waals surface area contributed by atoms with Gasteiger partial charge in [0.2, 0.25) is 5.75 Å². The lowest BCUT2D eigenvalue weighted by atomic mass is 9.95. The van der Waals surface area contributed by atoms with Crippen molar-refractivity contribution in [1.29, 1.82) is 0 Å². The third-order valence-electron chi connectivity index (χ3n) is 3.78. The second-order valence-corrected chi connectivity index (χ2v) is 5.16. The van der Waals surface area contributed by atoms with Crippen LogP contribution in [0.1, 0.15) is 28.4 Å². The zero-order chi connectivity index (χ0) is 16.6. The molecule has 1 aliphatic heterocycles. The van der Waals surface area contributed by atoms with Crippen LogP contribution in [0.4, 0.5) is 0 Å². The largest absolute Gasteiger partial charge is 0.508 e. The van der Waals surface area contributed by atoms with Gasteiger partial charge in [0, 0.05) is 6.07 Å². The number of phenolic OH excluding ortho intramolecular Hbond substituents is 2. The zero-order valence-corrected chi connectivity index (χ0v) is 12.7. The number of methoxy groups -OCH3 is 2. The van der Waals surface area contributed by atoms with Gasteiger partial charge in [-0.15, -0.1) is 0 Å². The summed E-state index contributed by atoms with van der Waals surface area (Å²) in [4.78, 5) is 12.4. The van der Waals surface area contributed by atoms with Crippen LogP contribution in [-0.4, -0.2) is 30.2 Å². The lowest BCUT2D eigenvalue weighted by Gasteiger charge is -2.28. The van der Waals surface area contributed by atoms with Crippen molar-refractivity contribution in [3.8, 4) is 28.7 Å². The quantitative estimate of drug-likeness (QED) is 0.905. The first-order chi connectivity index (χ1) is 11.0. The zero-order valence-electron chi connectivity index (χ0n) is 12.7. The number of phenols is 2. The van der Waals surface area contributed by atoms with Crippen molar-refractivity contribution in [2.24, 2.45) is 0 Å². The number of aromatic hydroxyl groups is 2. The molecule has 1 unspecified atom stereocenters. The summed E-state index contributed by atoms with van der Waals surface area (Å²) < 4.78 is 16.4. The summed E-state index contributed by atoms with van der Waals surface area (Å²) in [5, 5.41) is 19.5. The number of carbonyl (C=O) groups is 1. The number of Topliss-reactive ketones (excluding diaryl/α,β-unsaturated/α-hetero) is 1. The standard InChI is InChI=1S/C17H16O6/c1-21-14-8-12(20)15-11(19)7-13(23-17(15)16(14)22-2)9-3-5-10(18)6-4-9/h3-6,8,13,18,20H,7H2,1-2H3. The predicted molar refractivity (Wildman–Crippen MR) is 81.6 cm³/mol. The Labute approximate surface area is 132 Å². The first-order valence-electron chi connectivity index (χ1n) is 7.02. The third-order valence-corrected chi connectivity index (χ3v) is 3.78. The van der Waals surface area contributed by atoms with Crippen LogP contribution in [0.15, 0.2) is 30.3 Å². The molecule has 1 aliphatic rings. The molecule has 0 fully saturated rings. The summed E-state index contributed by atoms with van der Waals surface area (Å²) in [5.41, 5.74) is 0.837. The number of hydrogen-bond acceptors (Lipinski definition) is 6. The Hall–Kier alpha value is -2.89. The normalized spacial score (nSPS) is 16.4. The van der Waals surface area contributed by atoms with Gasteiger partial charge in [-0.3, -0.25) is 4.79 Å². The summed E-state index contributed by atoms with van der Waals surface area (Å²) >= 11 is 0. The smallest absolute Gasteiger partial charge is 0.204 e. The van der Waals surface area contributed by atoms with E-state index in [1.807, 2.05) is 0 Å². The van der Waals surface area contributed by atoms with Gasteiger partial charge in [-0.05, 0) is 17.7 Å². The van der Waals surface area contributed by atoms with Crippen molar-refractivity contribution in [3.05, 3.63) is 41.5 Å². The van der Waals surface area contributed by atoms with E-state index in [0.717, 1.165) is 5.56 Å². The van der Waals surface area contributed by atoms with Gasteiger partial charge in [-0.25, -0.2) is 0 Å². The predicted octanol–water partition coefficient (Wildman–Crippen LogP) is 2.82. The first-order valence-corrected chi connectivity index (χ1v) is 7.02. The third kappa shape index (κ3) is 2.52. The summed E-state index contributed by atoms with van der Waals surface area (Å²) in [6.07, 6.45) is -0.447. The molecule has 0 spiro atoms. The highest BCUT2D eigenvalue weighted by Crippen LogP contribution is 2.49. The van der Waals surface area contributed by atoms with Crippen LogP contribution in [0.5, 0.6) is 28.7 Å². The van der Waals surface area contributed by atoms with Gasteiger partial charge in [0.1, 0.15) is 23.2 Å². The van der Waals surface area contributed by atoms with Gasteiger partial charge >= 0.3 is 0 Å². The van der Waals surface area contributed by atoms with Crippen LogP contribution >= 0.6 is 0 Å². The lowest BCUT2D eigenvalue weighted by molar-refractivity contribution is 0.0836. The van der Waals surface area contributed by atoms with Crippen molar-refractivity contribution < 1.29 is 29.2 Å². The molecule has 0 aromatic heterocycles. The summed E-state index contributed by atoms with van der Waals surface area (Å²) in [6, 6.07) is 7.76. The van der Waals surface area contributed by atoms with E-state index in [1.54, 1.807) is 12.1 Å². The maximum atomic E-state index is 12.4. The van der Waals surface area contributed by atoms with Gasteiger partial charge in [-0.1, -0.05) is 12.1 Å². The average molecular weight is 316 g/mol. The minimum atomic E-state index is -0.531. The molecule has 2 N–H and O–H groups in total. The maximum absolute atomic E-state index is 12.4. The fourth-order valence-corrected chi connectivity index (χ4v) is 2.66. The Balaban J connectivity index is 2.09. The Bertz CT molecular complexity index is 751. The maximum Gasteiger partial charge on any atom is 0.204 e. The topological polar surface area (TPSA) is 85.2 Å². The average Bonchev–Trinajstić information content (AvgIpc) is 2.54. The van der Waals surface area contributed by atoms with Crippen LogP contribution < -0.4 is 14.2 Å². The molecule has 2 aromatic carbocycles. The molecular weight excluding hydrogens is 300 g/mol. The summed E-state index contributed by atoms with van der Waals surface area (Å²) in [7, 11) is 2.87. The molecule has 1 atom stereocenters. The van der Waals surface area contributed by atoms with E-state index in [4.69, 9.17) is 14.2 Å². The number of ether oxygens (including phenoxy) is 3. The fraction of sp³-hybridized carbons (Fsp3) is 0.235. The van der Waals surface area contributed by atoms with Gasteiger partial charge in [0.25, 0.3) is 0 Å². The molecule has 6 nitrogen and oxygen atoms in total. The van der Waals surface area contributed by atoms with Crippen molar-refractivity contribution in [2.75, 3.05) is 14.2 Å². The molecule has 0 aliphatic carbocycles. The Morgan fingerprint density at radius 2 is 1.83 bits per heavy atom. The highest BCUT2D eigenvalue weighted by molar-refractivity contribution is 6.03. The molecule has 23 heavy (non-hydrogen) atoms. The summed E-state index contributed by atoms with van der Waals surface area (Å²) in [5.74, 6) is 0.390. The molecular formula is C17H16O6. The van der Waals surface area contributed by atoms with Crippen molar-refractivity contribution in [2.45, 2.75) is 12.5 Å². The molecule has 0 saturated carbocycles. The number of rotatable bonds is 3. The lowest BCUT2D eigenvalue weighted by Crippen LogP contribution is -2.21.